The molecular weight excluding hydrogens is 304 g/mol. The van der Waals surface area contributed by atoms with Gasteiger partial charge in [-0.25, -0.2) is 0 Å². The number of piperidine rings is 1. The van der Waals surface area contributed by atoms with E-state index < -0.39 is 0 Å². The summed E-state index contributed by atoms with van der Waals surface area (Å²) in [5.41, 5.74) is 7.17. The second-order valence-electron chi connectivity index (χ2n) is 8.10. The highest BCUT2D eigenvalue weighted by molar-refractivity contribution is 5.01. The molecule has 1 aliphatic carbocycles. The van der Waals surface area contributed by atoms with Gasteiger partial charge in [-0.2, -0.15) is 0 Å². The van der Waals surface area contributed by atoms with Gasteiger partial charge in [0.25, 0.3) is 0 Å². The summed E-state index contributed by atoms with van der Waals surface area (Å²) >= 11 is 0. The van der Waals surface area contributed by atoms with Crippen LogP contribution in [0.25, 0.3) is 0 Å². The van der Waals surface area contributed by atoms with Crippen molar-refractivity contribution in [1.29, 1.82) is 0 Å². The van der Waals surface area contributed by atoms with E-state index in [2.05, 4.69) is 28.4 Å². The van der Waals surface area contributed by atoms with E-state index in [0.717, 1.165) is 32.6 Å². The standard InChI is InChI=1S/C18H34N4O2/c1-12-7-9-23-13-5-6-15-14(11-13)18(22-21-15)16-3-2-4-17(20-16)24-10-8-19-12/h12-22H,2-11H2,1H3. The Morgan fingerprint density at radius 2 is 1.83 bits per heavy atom. The van der Waals surface area contributed by atoms with Gasteiger partial charge in [0.2, 0.25) is 0 Å². The van der Waals surface area contributed by atoms with Gasteiger partial charge in [0.1, 0.15) is 6.23 Å². The average Bonchev–Trinajstić information content (AvgIpc) is 3.01. The van der Waals surface area contributed by atoms with Crippen molar-refractivity contribution in [3.05, 3.63) is 0 Å². The van der Waals surface area contributed by atoms with Crippen LogP contribution in [0.2, 0.25) is 0 Å². The van der Waals surface area contributed by atoms with Crippen LogP contribution in [-0.2, 0) is 9.47 Å². The van der Waals surface area contributed by atoms with E-state index >= 15 is 0 Å². The van der Waals surface area contributed by atoms with Crippen molar-refractivity contribution in [3.63, 3.8) is 0 Å². The minimum absolute atomic E-state index is 0.211. The lowest BCUT2D eigenvalue weighted by atomic mass is 9.77. The SMILES string of the molecule is CC1CCOC2CCC3NNC(C4CCCC(N4)OCCN1)C3C2. The number of fused-ring (bicyclic) bond motifs is 4. The lowest BCUT2D eigenvalue weighted by molar-refractivity contribution is -0.0110. The highest BCUT2D eigenvalue weighted by Gasteiger charge is 2.44. The molecule has 7 atom stereocenters. The van der Waals surface area contributed by atoms with Gasteiger partial charge >= 0.3 is 0 Å². The smallest absolute Gasteiger partial charge is 0.108 e. The Morgan fingerprint density at radius 3 is 2.79 bits per heavy atom. The maximum absolute atomic E-state index is 6.24. The van der Waals surface area contributed by atoms with Gasteiger partial charge in [-0.15, -0.1) is 0 Å². The fourth-order valence-electron chi connectivity index (χ4n) is 4.97. The second-order valence-corrected chi connectivity index (χ2v) is 8.10. The van der Waals surface area contributed by atoms with Gasteiger partial charge in [0, 0.05) is 37.3 Å². The first kappa shape index (κ1) is 17.2. The molecule has 7 unspecified atom stereocenters. The van der Waals surface area contributed by atoms with Gasteiger partial charge < -0.3 is 14.8 Å². The maximum atomic E-state index is 6.24. The first-order valence-electron chi connectivity index (χ1n) is 10.0. The molecule has 0 spiro atoms. The first-order valence-corrected chi connectivity index (χ1v) is 10.0. The van der Waals surface area contributed by atoms with Crippen molar-refractivity contribution < 1.29 is 9.47 Å². The normalized spacial score (nSPS) is 47.6. The zero-order valence-electron chi connectivity index (χ0n) is 14.9. The van der Waals surface area contributed by atoms with Crippen LogP contribution in [0.3, 0.4) is 0 Å². The summed E-state index contributed by atoms with van der Waals surface area (Å²) in [6.07, 6.45) is 8.94. The van der Waals surface area contributed by atoms with Gasteiger partial charge in [-0.1, -0.05) is 0 Å². The molecule has 138 valence electrons. The lowest BCUT2D eigenvalue weighted by Gasteiger charge is -2.39. The summed E-state index contributed by atoms with van der Waals surface area (Å²) in [7, 11) is 0. The number of hydrazine groups is 1. The molecule has 4 N–H and O–H groups in total. The lowest BCUT2D eigenvalue weighted by Crippen LogP contribution is -2.55. The molecule has 3 heterocycles. The van der Waals surface area contributed by atoms with Crippen molar-refractivity contribution in [2.45, 2.75) is 88.4 Å². The van der Waals surface area contributed by atoms with E-state index in [1.165, 1.54) is 32.1 Å². The van der Waals surface area contributed by atoms with Crippen molar-refractivity contribution in [2.75, 3.05) is 19.8 Å². The average molecular weight is 338 g/mol. The quantitative estimate of drug-likeness (QED) is 0.526. The largest absolute Gasteiger partial charge is 0.378 e. The second kappa shape index (κ2) is 7.98. The highest BCUT2D eigenvalue weighted by atomic mass is 16.5. The van der Waals surface area contributed by atoms with Crippen LogP contribution in [0.1, 0.15) is 51.9 Å². The number of hydrogen-bond donors (Lipinski definition) is 4. The van der Waals surface area contributed by atoms with Crippen LogP contribution in [0.4, 0.5) is 0 Å². The molecule has 4 bridgehead atoms. The van der Waals surface area contributed by atoms with Crippen LogP contribution in [0, 0.1) is 5.92 Å². The van der Waals surface area contributed by atoms with Crippen LogP contribution >= 0.6 is 0 Å². The predicted molar refractivity (Wildman–Crippen MR) is 93.5 cm³/mol. The van der Waals surface area contributed by atoms with Gasteiger partial charge in [-0.05, 0) is 57.8 Å². The molecule has 4 aliphatic rings. The molecule has 24 heavy (non-hydrogen) atoms. The fourth-order valence-corrected chi connectivity index (χ4v) is 4.97. The third-order valence-corrected chi connectivity index (χ3v) is 6.38. The van der Waals surface area contributed by atoms with Crippen LogP contribution in [-0.4, -0.2) is 56.3 Å². The number of ether oxygens (including phenoxy) is 2. The molecular formula is C18H34N4O2. The molecule has 4 fully saturated rings. The Labute approximate surface area is 145 Å². The van der Waals surface area contributed by atoms with E-state index in [-0.39, 0.29) is 6.23 Å². The Hall–Kier alpha value is -0.240. The van der Waals surface area contributed by atoms with E-state index in [1.807, 2.05) is 0 Å². The van der Waals surface area contributed by atoms with Crippen LogP contribution in [0.5, 0.6) is 0 Å². The molecule has 0 radical (unpaired) electrons. The summed E-state index contributed by atoms with van der Waals surface area (Å²) in [5.74, 6) is 0.667. The molecule has 3 saturated heterocycles. The van der Waals surface area contributed by atoms with Crippen molar-refractivity contribution >= 4 is 0 Å². The number of hydrogen-bond acceptors (Lipinski definition) is 6. The van der Waals surface area contributed by atoms with Gasteiger partial charge in [-0.3, -0.25) is 16.2 Å². The predicted octanol–water partition coefficient (Wildman–Crippen LogP) is 0.883. The zero-order valence-corrected chi connectivity index (χ0v) is 14.9. The van der Waals surface area contributed by atoms with Gasteiger partial charge in [0.05, 0.1) is 12.7 Å². The van der Waals surface area contributed by atoms with Crippen molar-refractivity contribution in [3.8, 4) is 0 Å². The minimum Gasteiger partial charge on any atom is -0.378 e. The molecule has 0 aromatic heterocycles. The summed E-state index contributed by atoms with van der Waals surface area (Å²) in [6.45, 7) is 4.81. The number of nitrogens with one attached hydrogen (secondary N) is 4. The van der Waals surface area contributed by atoms with Gasteiger partial charge in [0.15, 0.2) is 0 Å². The Bertz CT molecular complexity index is 410. The molecule has 6 nitrogen and oxygen atoms in total. The third-order valence-electron chi connectivity index (χ3n) is 6.38. The molecule has 0 aromatic carbocycles. The first-order chi connectivity index (χ1) is 11.8. The molecule has 4 rings (SSSR count). The van der Waals surface area contributed by atoms with E-state index in [9.17, 15) is 0 Å². The zero-order chi connectivity index (χ0) is 16.4. The fraction of sp³-hybridized carbons (Fsp3) is 1.00. The molecule has 3 aliphatic heterocycles. The summed E-state index contributed by atoms with van der Waals surface area (Å²) in [6, 6.07) is 2.09. The molecule has 0 aromatic rings. The monoisotopic (exact) mass is 338 g/mol. The summed E-state index contributed by atoms with van der Waals surface area (Å²) in [4.78, 5) is 0. The van der Waals surface area contributed by atoms with E-state index in [1.54, 1.807) is 0 Å². The van der Waals surface area contributed by atoms with E-state index in [0.29, 0.717) is 36.2 Å². The Kier molecular flexibility index (Phi) is 5.71. The Balaban J connectivity index is 1.45. The van der Waals surface area contributed by atoms with E-state index in [4.69, 9.17) is 9.47 Å². The molecule has 1 saturated carbocycles. The minimum atomic E-state index is 0.211. The summed E-state index contributed by atoms with van der Waals surface area (Å²) < 4.78 is 12.3. The van der Waals surface area contributed by atoms with Crippen molar-refractivity contribution in [2.24, 2.45) is 5.92 Å². The van der Waals surface area contributed by atoms with Crippen molar-refractivity contribution in [1.82, 2.24) is 21.5 Å². The topological polar surface area (TPSA) is 66.6 Å². The highest BCUT2D eigenvalue weighted by Crippen LogP contribution is 2.35. The number of rotatable bonds is 0. The molecule has 6 heteroatoms. The Morgan fingerprint density at radius 1 is 0.875 bits per heavy atom. The third kappa shape index (κ3) is 3.94. The molecule has 0 amide bonds. The summed E-state index contributed by atoms with van der Waals surface area (Å²) in [5, 5.41) is 7.33. The van der Waals surface area contributed by atoms with Crippen LogP contribution in [0.15, 0.2) is 0 Å². The maximum Gasteiger partial charge on any atom is 0.108 e. The van der Waals surface area contributed by atoms with Crippen LogP contribution < -0.4 is 21.5 Å².